The Balaban J connectivity index is 1.82. The summed E-state index contributed by atoms with van der Waals surface area (Å²) in [5, 5.41) is 13.6. The van der Waals surface area contributed by atoms with Gasteiger partial charge in [-0.1, -0.05) is 25.7 Å². The van der Waals surface area contributed by atoms with Crippen molar-refractivity contribution in [3.05, 3.63) is 18.0 Å². The van der Waals surface area contributed by atoms with Crippen LogP contribution in [0.15, 0.2) is 12.4 Å². The Bertz CT molecular complexity index is 315. The summed E-state index contributed by atoms with van der Waals surface area (Å²) in [6.45, 7) is 0.352. The highest BCUT2D eigenvalue weighted by molar-refractivity contribution is 5.03. The first-order valence-corrected chi connectivity index (χ1v) is 6.38. The van der Waals surface area contributed by atoms with Crippen LogP contribution in [0.1, 0.15) is 37.7 Å². The Hall–Kier alpha value is -0.830. The maximum absolute atomic E-state index is 9.45. The van der Waals surface area contributed by atoms with Crippen molar-refractivity contribution >= 4 is 0 Å². The molecule has 0 radical (unpaired) electrons. The smallest absolute Gasteiger partial charge is 0.0521 e. The lowest BCUT2D eigenvalue weighted by Crippen LogP contribution is -2.16. The van der Waals surface area contributed by atoms with E-state index in [0.29, 0.717) is 12.5 Å². The molecule has 0 bridgehead atoms. The average molecular weight is 222 g/mol. The van der Waals surface area contributed by atoms with E-state index < -0.39 is 0 Å². The molecule has 90 valence electrons. The van der Waals surface area contributed by atoms with Crippen LogP contribution in [0.5, 0.6) is 0 Å². The second-order valence-corrected chi connectivity index (χ2v) is 5.05. The summed E-state index contributed by atoms with van der Waals surface area (Å²) in [5.41, 5.74) is 1.29. The number of nitrogens with zero attached hydrogens (tertiary/aromatic N) is 2. The Morgan fingerprint density at radius 3 is 2.81 bits per heavy atom. The van der Waals surface area contributed by atoms with Crippen molar-refractivity contribution in [2.75, 3.05) is 6.61 Å². The predicted octanol–water partition coefficient (Wildman–Crippen LogP) is 2.15. The van der Waals surface area contributed by atoms with Gasteiger partial charge >= 0.3 is 0 Å². The molecule has 16 heavy (non-hydrogen) atoms. The van der Waals surface area contributed by atoms with E-state index in [4.69, 9.17) is 0 Å². The Labute approximate surface area is 97.5 Å². The lowest BCUT2D eigenvalue weighted by atomic mass is 9.87. The summed E-state index contributed by atoms with van der Waals surface area (Å²) >= 11 is 0. The van der Waals surface area contributed by atoms with E-state index in [2.05, 4.69) is 11.3 Å². The highest BCUT2D eigenvalue weighted by Gasteiger charge is 2.24. The van der Waals surface area contributed by atoms with Crippen molar-refractivity contribution in [2.24, 2.45) is 18.9 Å². The molecule has 1 aliphatic rings. The molecule has 1 heterocycles. The molecule has 1 fully saturated rings. The van der Waals surface area contributed by atoms with E-state index in [-0.39, 0.29) is 0 Å². The molecular weight excluding hydrogens is 200 g/mol. The summed E-state index contributed by atoms with van der Waals surface area (Å²) < 4.78 is 1.85. The van der Waals surface area contributed by atoms with Gasteiger partial charge in [-0.15, -0.1) is 0 Å². The Morgan fingerprint density at radius 2 is 2.25 bits per heavy atom. The van der Waals surface area contributed by atoms with Gasteiger partial charge in [0, 0.05) is 19.9 Å². The molecule has 1 saturated carbocycles. The summed E-state index contributed by atoms with van der Waals surface area (Å²) in [6, 6.07) is 0. The van der Waals surface area contributed by atoms with E-state index in [1.165, 1.54) is 31.2 Å². The average Bonchev–Trinajstić information content (AvgIpc) is 2.91. The third kappa shape index (κ3) is 2.85. The lowest BCUT2D eigenvalue weighted by molar-refractivity contribution is 0.168. The maximum atomic E-state index is 9.45. The highest BCUT2D eigenvalue weighted by atomic mass is 16.3. The first-order chi connectivity index (χ1) is 7.79. The van der Waals surface area contributed by atoms with Crippen LogP contribution >= 0.6 is 0 Å². The van der Waals surface area contributed by atoms with Crippen molar-refractivity contribution in [1.82, 2.24) is 9.78 Å². The standard InChI is InChI=1S/C13H22N2O/c1-15-9-11(8-14-15)6-7-13(10-16)12-4-2-3-5-12/h8-9,12-13,16H,2-7,10H2,1H3. The van der Waals surface area contributed by atoms with Crippen LogP contribution in [0.3, 0.4) is 0 Å². The molecule has 2 rings (SSSR count). The van der Waals surface area contributed by atoms with Gasteiger partial charge in [-0.05, 0) is 30.2 Å². The fourth-order valence-electron chi connectivity index (χ4n) is 2.86. The second-order valence-electron chi connectivity index (χ2n) is 5.05. The largest absolute Gasteiger partial charge is 0.396 e. The zero-order valence-electron chi connectivity index (χ0n) is 10.1. The van der Waals surface area contributed by atoms with E-state index in [9.17, 15) is 5.11 Å². The minimum Gasteiger partial charge on any atom is -0.396 e. The van der Waals surface area contributed by atoms with Gasteiger partial charge in [-0.25, -0.2) is 0 Å². The Kier molecular flexibility index (Phi) is 3.99. The third-order valence-electron chi connectivity index (χ3n) is 3.86. The number of aromatic nitrogens is 2. The van der Waals surface area contributed by atoms with Gasteiger partial charge in [0.25, 0.3) is 0 Å². The van der Waals surface area contributed by atoms with Gasteiger partial charge in [0.15, 0.2) is 0 Å². The molecular formula is C13H22N2O. The molecule has 1 N–H and O–H groups in total. The molecule has 1 unspecified atom stereocenters. The zero-order chi connectivity index (χ0) is 11.4. The van der Waals surface area contributed by atoms with E-state index in [1.807, 2.05) is 17.9 Å². The number of rotatable bonds is 5. The van der Waals surface area contributed by atoms with Crippen LogP contribution in [-0.2, 0) is 13.5 Å². The molecule has 1 aromatic heterocycles. The van der Waals surface area contributed by atoms with Crippen LogP contribution in [0, 0.1) is 11.8 Å². The molecule has 1 aromatic rings. The summed E-state index contributed by atoms with van der Waals surface area (Å²) in [5.74, 6) is 1.27. The molecule has 3 heteroatoms. The first-order valence-electron chi connectivity index (χ1n) is 6.38. The number of aryl methyl sites for hydroxylation is 2. The van der Waals surface area contributed by atoms with Gasteiger partial charge in [-0.3, -0.25) is 4.68 Å². The molecule has 0 spiro atoms. The van der Waals surface area contributed by atoms with Gasteiger partial charge < -0.3 is 5.11 Å². The topological polar surface area (TPSA) is 38.0 Å². The monoisotopic (exact) mass is 222 g/mol. The van der Waals surface area contributed by atoms with Crippen molar-refractivity contribution in [3.8, 4) is 0 Å². The predicted molar refractivity (Wildman–Crippen MR) is 64.1 cm³/mol. The van der Waals surface area contributed by atoms with Crippen molar-refractivity contribution < 1.29 is 5.11 Å². The van der Waals surface area contributed by atoms with Gasteiger partial charge in [-0.2, -0.15) is 5.10 Å². The minimum absolute atomic E-state index is 0.352. The van der Waals surface area contributed by atoms with E-state index in [0.717, 1.165) is 18.8 Å². The summed E-state index contributed by atoms with van der Waals surface area (Å²) in [7, 11) is 1.95. The van der Waals surface area contributed by atoms with Gasteiger partial charge in [0.2, 0.25) is 0 Å². The van der Waals surface area contributed by atoms with E-state index >= 15 is 0 Å². The van der Waals surface area contributed by atoms with Crippen molar-refractivity contribution in [3.63, 3.8) is 0 Å². The molecule has 0 saturated heterocycles. The van der Waals surface area contributed by atoms with Crippen molar-refractivity contribution in [1.29, 1.82) is 0 Å². The van der Waals surface area contributed by atoms with Crippen molar-refractivity contribution in [2.45, 2.75) is 38.5 Å². The quantitative estimate of drug-likeness (QED) is 0.829. The summed E-state index contributed by atoms with van der Waals surface area (Å²) in [4.78, 5) is 0. The molecule has 3 nitrogen and oxygen atoms in total. The molecule has 1 aliphatic carbocycles. The van der Waals surface area contributed by atoms with Crippen LogP contribution in [-0.4, -0.2) is 21.5 Å². The molecule has 0 amide bonds. The fraction of sp³-hybridized carbons (Fsp3) is 0.769. The fourth-order valence-corrected chi connectivity index (χ4v) is 2.86. The highest BCUT2D eigenvalue weighted by Crippen LogP contribution is 2.33. The SMILES string of the molecule is Cn1cc(CCC(CO)C2CCCC2)cn1. The number of aliphatic hydroxyl groups excluding tert-OH is 1. The van der Waals surface area contributed by atoms with E-state index in [1.54, 1.807) is 0 Å². The number of hydrogen-bond donors (Lipinski definition) is 1. The number of hydrogen-bond acceptors (Lipinski definition) is 2. The number of aliphatic hydroxyl groups is 1. The van der Waals surface area contributed by atoms with Crippen LogP contribution in [0.2, 0.25) is 0 Å². The zero-order valence-corrected chi connectivity index (χ0v) is 10.1. The van der Waals surface area contributed by atoms with Crippen LogP contribution in [0.25, 0.3) is 0 Å². The van der Waals surface area contributed by atoms with Gasteiger partial charge in [0.05, 0.1) is 6.20 Å². The molecule has 0 aliphatic heterocycles. The first kappa shape index (κ1) is 11.6. The lowest BCUT2D eigenvalue weighted by Gasteiger charge is -2.20. The van der Waals surface area contributed by atoms with Crippen LogP contribution in [0.4, 0.5) is 0 Å². The normalized spacial score (nSPS) is 19.1. The van der Waals surface area contributed by atoms with Crippen LogP contribution < -0.4 is 0 Å². The summed E-state index contributed by atoms with van der Waals surface area (Å²) in [6.07, 6.45) is 11.5. The Morgan fingerprint density at radius 1 is 1.50 bits per heavy atom. The maximum Gasteiger partial charge on any atom is 0.0521 e. The van der Waals surface area contributed by atoms with Gasteiger partial charge in [0.1, 0.15) is 0 Å². The second kappa shape index (κ2) is 5.48. The minimum atomic E-state index is 0.352. The molecule has 0 aromatic carbocycles. The third-order valence-corrected chi connectivity index (χ3v) is 3.86. The molecule has 1 atom stereocenters.